The highest BCUT2D eigenvalue weighted by molar-refractivity contribution is 6.14. The number of fused-ring (bicyclic) bond motifs is 6. The molecule has 6 heteroatoms. The van der Waals surface area contributed by atoms with E-state index in [0.29, 0.717) is 33.6 Å². The van der Waals surface area contributed by atoms with Crippen LogP contribution in [-0.4, -0.2) is 9.13 Å². The monoisotopic (exact) mass is 1060 g/mol. The van der Waals surface area contributed by atoms with Crippen molar-refractivity contribution in [1.29, 1.82) is 5.26 Å². The Labute approximate surface area is 473 Å². The van der Waals surface area contributed by atoms with Gasteiger partial charge in [-0.25, -0.2) is 0 Å². The molecular weight excluding hydrogens is 1000 g/mol. The van der Waals surface area contributed by atoms with E-state index in [1.807, 2.05) is 18.2 Å². The van der Waals surface area contributed by atoms with Crippen molar-refractivity contribution >= 4 is 43.6 Å². The van der Waals surface area contributed by atoms with E-state index >= 15 is 13.2 Å². The van der Waals surface area contributed by atoms with Crippen LogP contribution in [0.1, 0.15) is 83.5 Å². The molecule has 0 atom stereocenters. The van der Waals surface area contributed by atoms with Crippen molar-refractivity contribution in [3.8, 4) is 73.1 Å². The Morgan fingerprint density at radius 2 is 0.617 bits per heavy atom. The molecule has 0 aliphatic carbocycles. The molecular formula is C75H64F3N3. The normalized spacial score (nSPS) is 11.9. The summed E-state index contributed by atoms with van der Waals surface area (Å²) in [6.07, 6.45) is -4.61. The second-order valence-electron chi connectivity index (χ2n) is 23.3. The molecule has 12 rings (SSSR count). The Kier molecular flexibility index (Phi) is 12.6. The zero-order valence-corrected chi connectivity index (χ0v) is 48.4. The number of aryl methyl sites for hydroxylation is 13. The molecule has 0 bridgehead atoms. The van der Waals surface area contributed by atoms with Gasteiger partial charge >= 0.3 is 6.18 Å². The van der Waals surface area contributed by atoms with Crippen molar-refractivity contribution in [2.24, 2.45) is 0 Å². The minimum atomic E-state index is -4.61. The smallest absolute Gasteiger partial charge is 0.309 e. The molecule has 0 N–H and O–H groups in total. The predicted molar refractivity (Wildman–Crippen MR) is 334 cm³/mol. The molecule has 0 spiro atoms. The Morgan fingerprint density at radius 3 is 0.914 bits per heavy atom. The first-order valence-corrected chi connectivity index (χ1v) is 27.8. The Hall–Kier alpha value is -8.92. The van der Waals surface area contributed by atoms with Crippen LogP contribution in [0.2, 0.25) is 0 Å². The van der Waals surface area contributed by atoms with E-state index in [-0.39, 0.29) is 0 Å². The van der Waals surface area contributed by atoms with E-state index in [9.17, 15) is 5.26 Å². The number of hydrogen-bond donors (Lipinski definition) is 0. The minimum absolute atomic E-state index is 0.375. The van der Waals surface area contributed by atoms with Gasteiger partial charge in [0.05, 0.1) is 44.6 Å². The lowest BCUT2D eigenvalue weighted by Crippen LogP contribution is -2.07. The Morgan fingerprint density at radius 1 is 0.321 bits per heavy atom. The van der Waals surface area contributed by atoms with Gasteiger partial charge in [0, 0.05) is 27.1 Å². The first-order chi connectivity index (χ1) is 38.6. The van der Waals surface area contributed by atoms with Crippen molar-refractivity contribution in [3.63, 3.8) is 0 Å². The summed E-state index contributed by atoms with van der Waals surface area (Å²) >= 11 is 0. The van der Waals surface area contributed by atoms with Crippen LogP contribution in [0.4, 0.5) is 13.2 Å². The molecule has 2 heterocycles. The largest absolute Gasteiger partial charge is 0.416 e. The van der Waals surface area contributed by atoms with Crippen molar-refractivity contribution in [2.75, 3.05) is 0 Å². The molecule has 0 unspecified atom stereocenters. The highest BCUT2D eigenvalue weighted by Gasteiger charge is 2.32. The zero-order chi connectivity index (χ0) is 57.2. The van der Waals surface area contributed by atoms with Crippen LogP contribution in [0.25, 0.3) is 111 Å². The van der Waals surface area contributed by atoms with Gasteiger partial charge in [-0.05, 0) is 263 Å². The summed E-state index contributed by atoms with van der Waals surface area (Å²) in [5.41, 5.74) is 29.0. The van der Waals surface area contributed by atoms with Gasteiger partial charge in [-0.15, -0.1) is 0 Å². The van der Waals surface area contributed by atoms with Crippen LogP contribution >= 0.6 is 0 Å². The second kappa shape index (κ2) is 19.4. The predicted octanol–water partition coefficient (Wildman–Crippen LogP) is 21.1. The number of hydrogen-bond acceptors (Lipinski definition) is 1. The van der Waals surface area contributed by atoms with E-state index in [1.165, 1.54) is 101 Å². The number of alkyl halides is 3. The lowest BCUT2D eigenvalue weighted by atomic mass is 9.91. The zero-order valence-electron chi connectivity index (χ0n) is 48.4. The average Bonchev–Trinajstić information content (AvgIpc) is 4.10. The fourth-order valence-electron chi connectivity index (χ4n) is 14.1. The van der Waals surface area contributed by atoms with Crippen molar-refractivity contribution in [2.45, 2.75) is 96.2 Å². The summed E-state index contributed by atoms with van der Waals surface area (Å²) in [6.45, 7) is 27.5. The molecule has 81 heavy (non-hydrogen) atoms. The maximum absolute atomic E-state index is 15.1. The van der Waals surface area contributed by atoms with Crippen LogP contribution in [0.15, 0.2) is 152 Å². The lowest BCUT2D eigenvalue weighted by molar-refractivity contribution is -0.137. The summed E-state index contributed by atoms with van der Waals surface area (Å²) in [4.78, 5) is 0. The summed E-state index contributed by atoms with van der Waals surface area (Å²) in [6, 6.07) is 54.9. The van der Waals surface area contributed by atoms with Gasteiger partial charge < -0.3 is 9.13 Å². The molecule has 10 aromatic carbocycles. The molecule has 0 fully saturated rings. The van der Waals surface area contributed by atoms with E-state index in [4.69, 9.17) is 0 Å². The number of rotatable bonds is 7. The number of halogens is 3. The standard InChI is InChI=1S/C75H64F3N3/c1-40-22-45(6)71(46(7)23-40)53-14-18-65-61(33-53)62-34-54(72-47(8)24-41(2)25-48(72)9)15-19-66(62)80(65)69-38-60(57-30-44(5)31-59(32-57)75(76,77)78)70(37-58(69)39-79)81-67-20-16-55(73-49(10)26-42(3)27-50(73)11)35-63(67)64-36-56(17-21-68(64)81)74-51(12)28-43(4)29-52(74)13/h14-38H,1-13H3. The van der Waals surface area contributed by atoms with Gasteiger partial charge in [0.25, 0.3) is 0 Å². The van der Waals surface area contributed by atoms with Crippen LogP contribution < -0.4 is 0 Å². The molecule has 0 aliphatic rings. The minimum Gasteiger partial charge on any atom is -0.309 e. The van der Waals surface area contributed by atoms with Crippen LogP contribution in [0.5, 0.6) is 0 Å². The number of nitrogens with zero attached hydrogens (tertiary/aromatic N) is 3. The van der Waals surface area contributed by atoms with E-state index in [1.54, 1.807) is 6.92 Å². The van der Waals surface area contributed by atoms with Crippen molar-refractivity contribution in [3.05, 3.63) is 235 Å². The molecule has 400 valence electrons. The highest BCUT2D eigenvalue weighted by atomic mass is 19.4. The van der Waals surface area contributed by atoms with Crippen LogP contribution in [0.3, 0.4) is 0 Å². The first-order valence-electron chi connectivity index (χ1n) is 27.8. The summed E-state index contributed by atoms with van der Waals surface area (Å²) in [5, 5.41) is 15.7. The van der Waals surface area contributed by atoms with Crippen LogP contribution in [0, 0.1) is 101 Å². The van der Waals surface area contributed by atoms with Gasteiger partial charge in [0.1, 0.15) is 6.07 Å². The van der Waals surface area contributed by atoms with Gasteiger partial charge in [0.2, 0.25) is 0 Å². The van der Waals surface area contributed by atoms with E-state index in [2.05, 4.69) is 220 Å². The molecule has 2 aromatic heterocycles. The number of aromatic nitrogens is 2. The maximum atomic E-state index is 15.1. The third-order valence-corrected chi connectivity index (χ3v) is 16.8. The average molecular weight is 1060 g/mol. The van der Waals surface area contributed by atoms with Gasteiger partial charge in [-0.1, -0.05) is 101 Å². The fraction of sp³-hybridized carbons (Fsp3) is 0.187. The quantitative estimate of drug-likeness (QED) is 0.157. The third-order valence-electron chi connectivity index (χ3n) is 16.8. The SMILES string of the molecule is Cc1cc(-c2cc(-n3c4ccc(-c5c(C)cc(C)cc5C)cc4c4cc(-c5c(C)cc(C)cc5C)ccc43)c(C#N)cc2-n2c3ccc(-c4c(C)cc(C)cc4C)cc3c3cc(-c4c(C)cc(C)cc4C)ccc32)cc(C(F)(F)F)c1. The lowest BCUT2D eigenvalue weighted by Gasteiger charge is -2.20. The molecule has 0 radical (unpaired) electrons. The van der Waals surface area contributed by atoms with E-state index < -0.39 is 11.7 Å². The molecule has 0 saturated carbocycles. The topological polar surface area (TPSA) is 33.6 Å². The number of nitriles is 1. The van der Waals surface area contributed by atoms with Gasteiger partial charge in [0.15, 0.2) is 0 Å². The first kappa shape index (κ1) is 52.8. The molecule has 12 aromatic rings. The molecule has 0 amide bonds. The number of benzene rings is 10. The van der Waals surface area contributed by atoms with Crippen LogP contribution in [-0.2, 0) is 6.18 Å². The van der Waals surface area contributed by atoms with E-state index in [0.717, 1.165) is 65.9 Å². The fourth-order valence-corrected chi connectivity index (χ4v) is 14.1. The van der Waals surface area contributed by atoms with Crippen molar-refractivity contribution < 1.29 is 13.2 Å². The summed E-state index contributed by atoms with van der Waals surface area (Å²) in [5.74, 6) is 0. The Bertz CT molecular complexity index is 4400. The van der Waals surface area contributed by atoms with Crippen molar-refractivity contribution in [1.82, 2.24) is 9.13 Å². The molecule has 0 aliphatic heterocycles. The third kappa shape index (κ3) is 8.91. The molecule has 3 nitrogen and oxygen atoms in total. The Balaban J connectivity index is 1.19. The molecule has 0 saturated heterocycles. The van der Waals surface area contributed by atoms with Gasteiger partial charge in [-0.3, -0.25) is 0 Å². The summed E-state index contributed by atoms with van der Waals surface area (Å²) in [7, 11) is 0. The summed E-state index contributed by atoms with van der Waals surface area (Å²) < 4.78 is 49.7. The highest BCUT2D eigenvalue weighted by Crippen LogP contribution is 2.46. The van der Waals surface area contributed by atoms with Gasteiger partial charge in [-0.2, -0.15) is 18.4 Å². The second-order valence-corrected chi connectivity index (χ2v) is 23.3. The maximum Gasteiger partial charge on any atom is 0.416 e.